The standard InChI is InChI=1S/C14H22N2O/c1-3-4-12-5-6-16(9-12)14-7-11(2)15-8-13(14)10-17/h7-8,12,17H,3-6,9-10H2,1-2H3. The number of aryl methyl sites for hydroxylation is 1. The van der Waals surface area contributed by atoms with Gasteiger partial charge in [0.15, 0.2) is 0 Å². The van der Waals surface area contributed by atoms with Crippen molar-refractivity contribution in [1.82, 2.24) is 4.98 Å². The predicted octanol–water partition coefficient (Wildman–Crippen LogP) is 2.51. The van der Waals surface area contributed by atoms with Gasteiger partial charge in [-0.15, -0.1) is 0 Å². The molecule has 0 aromatic carbocycles. The van der Waals surface area contributed by atoms with Gasteiger partial charge in [-0.3, -0.25) is 4.98 Å². The Hall–Kier alpha value is -1.09. The van der Waals surface area contributed by atoms with Crippen molar-refractivity contribution in [2.75, 3.05) is 18.0 Å². The lowest BCUT2D eigenvalue weighted by Crippen LogP contribution is -2.21. The molecule has 1 N–H and O–H groups in total. The summed E-state index contributed by atoms with van der Waals surface area (Å²) in [5.74, 6) is 0.819. The summed E-state index contributed by atoms with van der Waals surface area (Å²) in [6.07, 6.45) is 5.66. The first-order valence-corrected chi connectivity index (χ1v) is 6.56. The van der Waals surface area contributed by atoms with Gasteiger partial charge in [0.25, 0.3) is 0 Å². The maximum Gasteiger partial charge on any atom is 0.0717 e. The van der Waals surface area contributed by atoms with Crippen LogP contribution in [-0.2, 0) is 6.61 Å². The van der Waals surface area contributed by atoms with Gasteiger partial charge in [0, 0.05) is 36.2 Å². The second kappa shape index (κ2) is 5.50. The Morgan fingerprint density at radius 1 is 1.53 bits per heavy atom. The highest BCUT2D eigenvalue weighted by atomic mass is 16.3. The van der Waals surface area contributed by atoms with Crippen LogP contribution in [0.1, 0.15) is 37.4 Å². The van der Waals surface area contributed by atoms with E-state index in [-0.39, 0.29) is 6.61 Å². The highest BCUT2D eigenvalue weighted by Crippen LogP contribution is 2.29. The fraction of sp³-hybridized carbons (Fsp3) is 0.643. The zero-order chi connectivity index (χ0) is 12.3. The van der Waals surface area contributed by atoms with Gasteiger partial charge in [0.2, 0.25) is 0 Å². The molecule has 3 nitrogen and oxygen atoms in total. The van der Waals surface area contributed by atoms with Crippen LogP contribution in [0.5, 0.6) is 0 Å². The number of aromatic nitrogens is 1. The van der Waals surface area contributed by atoms with Crippen molar-refractivity contribution in [3.05, 3.63) is 23.5 Å². The lowest BCUT2D eigenvalue weighted by Gasteiger charge is -2.21. The van der Waals surface area contributed by atoms with E-state index in [0.717, 1.165) is 30.3 Å². The molecule has 0 saturated carbocycles. The molecule has 1 aliphatic rings. The predicted molar refractivity (Wildman–Crippen MR) is 70.1 cm³/mol. The monoisotopic (exact) mass is 234 g/mol. The molecule has 1 aliphatic heterocycles. The number of hydrogen-bond donors (Lipinski definition) is 1. The maximum atomic E-state index is 9.37. The topological polar surface area (TPSA) is 36.4 Å². The first-order valence-electron chi connectivity index (χ1n) is 6.56. The summed E-state index contributed by atoms with van der Waals surface area (Å²) in [5, 5.41) is 9.37. The molecule has 2 heterocycles. The van der Waals surface area contributed by atoms with Crippen molar-refractivity contribution >= 4 is 5.69 Å². The van der Waals surface area contributed by atoms with Crippen LogP contribution < -0.4 is 4.90 Å². The van der Waals surface area contributed by atoms with Crippen LogP contribution in [0.15, 0.2) is 12.3 Å². The first kappa shape index (κ1) is 12.4. The molecule has 2 rings (SSSR count). The van der Waals surface area contributed by atoms with Crippen molar-refractivity contribution in [3.63, 3.8) is 0 Å². The largest absolute Gasteiger partial charge is 0.392 e. The van der Waals surface area contributed by atoms with E-state index in [0.29, 0.717) is 0 Å². The van der Waals surface area contributed by atoms with Gasteiger partial charge < -0.3 is 10.0 Å². The minimum Gasteiger partial charge on any atom is -0.392 e. The lowest BCUT2D eigenvalue weighted by molar-refractivity contribution is 0.281. The van der Waals surface area contributed by atoms with E-state index in [4.69, 9.17) is 0 Å². The highest BCUT2D eigenvalue weighted by molar-refractivity contribution is 5.54. The van der Waals surface area contributed by atoms with Gasteiger partial charge in [-0.1, -0.05) is 13.3 Å². The van der Waals surface area contributed by atoms with Crippen molar-refractivity contribution in [1.29, 1.82) is 0 Å². The normalized spacial score (nSPS) is 19.9. The zero-order valence-electron chi connectivity index (χ0n) is 10.8. The summed E-state index contributed by atoms with van der Waals surface area (Å²) in [5.41, 5.74) is 3.16. The fourth-order valence-corrected chi connectivity index (χ4v) is 2.69. The Bertz CT molecular complexity index is 378. The Kier molecular flexibility index (Phi) is 4.00. The number of aliphatic hydroxyl groups excluding tert-OH is 1. The number of anilines is 1. The molecule has 1 fully saturated rings. The van der Waals surface area contributed by atoms with Crippen LogP contribution in [0, 0.1) is 12.8 Å². The molecular formula is C14H22N2O. The summed E-state index contributed by atoms with van der Waals surface area (Å²) in [6.45, 7) is 6.58. The number of rotatable bonds is 4. The zero-order valence-corrected chi connectivity index (χ0v) is 10.8. The van der Waals surface area contributed by atoms with Crippen molar-refractivity contribution < 1.29 is 5.11 Å². The molecule has 1 saturated heterocycles. The summed E-state index contributed by atoms with van der Waals surface area (Å²) in [4.78, 5) is 6.65. The molecule has 0 aliphatic carbocycles. The van der Waals surface area contributed by atoms with E-state index >= 15 is 0 Å². The Morgan fingerprint density at radius 2 is 2.35 bits per heavy atom. The summed E-state index contributed by atoms with van der Waals surface area (Å²) >= 11 is 0. The third-order valence-corrected chi connectivity index (χ3v) is 3.59. The molecule has 1 atom stereocenters. The molecular weight excluding hydrogens is 212 g/mol. The molecule has 0 radical (unpaired) electrons. The second-order valence-corrected chi connectivity index (χ2v) is 5.00. The van der Waals surface area contributed by atoms with Gasteiger partial charge in [0.05, 0.1) is 6.61 Å². The fourth-order valence-electron chi connectivity index (χ4n) is 2.69. The number of pyridine rings is 1. The van der Waals surface area contributed by atoms with Gasteiger partial charge in [-0.05, 0) is 31.7 Å². The van der Waals surface area contributed by atoms with Crippen LogP contribution in [0.25, 0.3) is 0 Å². The van der Waals surface area contributed by atoms with Crippen LogP contribution in [0.4, 0.5) is 5.69 Å². The molecule has 0 bridgehead atoms. The molecule has 1 aromatic heterocycles. The van der Waals surface area contributed by atoms with Crippen molar-refractivity contribution in [2.24, 2.45) is 5.92 Å². The van der Waals surface area contributed by atoms with Crippen molar-refractivity contribution in [3.8, 4) is 0 Å². The third-order valence-electron chi connectivity index (χ3n) is 3.59. The molecule has 94 valence electrons. The summed E-state index contributed by atoms with van der Waals surface area (Å²) < 4.78 is 0. The average Bonchev–Trinajstić information content (AvgIpc) is 2.78. The molecule has 0 amide bonds. The van der Waals surface area contributed by atoms with Gasteiger partial charge in [-0.2, -0.15) is 0 Å². The SMILES string of the molecule is CCCC1CCN(c2cc(C)ncc2CO)C1. The quantitative estimate of drug-likeness (QED) is 0.869. The van der Waals surface area contributed by atoms with Crippen LogP contribution in [-0.4, -0.2) is 23.2 Å². The molecule has 1 aromatic rings. The molecule has 1 unspecified atom stereocenters. The minimum absolute atomic E-state index is 0.0809. The number of hydrogen-bond acceptors (Lipinski definition) is 3. The Labute approximate surface area is 103 Å². The van der Waals surface area contributed by atoms with E-state index in [1.807, 2.05) is 6.92 Å². The summed E-state index contributed by atoms with van der Waals surface area (Å²) in [7, 11) is 0. The smallest absolute Gasteiger partial charge is 0.0717 e. The Balaban J connectivity index is 2.14. The number of aliphatic hydroxyl groups is 1. The van der Waals surface area contributed by atoms with E-state index in [1.54, 1.807) is 6.20 Å². The van der Waals surface area contributed by atoms with Gasteiger partial charge in [0.1, 0.15) is 0 Å². The second-order valence-electron chi connectivity index (χ2n) is 5.00. The first-order chi connectivity index (χ1) is 8.24. The molecule has 17 heavy (non-hydrogen) atoms. The molecule has 0 spiro atoms. The average molecular weight is 234 g/mol. The highest BCUT2D eigenvalue weighted by Gasteiger charge is 2.23. The van der Waals surface area contributed by atoms with Crippen LogP contribution >= 0.6 is 0 Å². The maximum absolute atomic E-state index is 9.37. The van der Waals surface area contributed by atoms with Crippen molar-refractivity contribution in [2.45, 2.75) is 39.7 Å². The Morgan fingerprint density at radius 3 is 3.06 bits per heavy atom. The number of nitrogens with zero attached hydrogens (tertiary/aromatic N) is 2. The van der Waals surface area contributed by atoms with E-state index < -0.39 is 0 Å². The van der Waals surface area contributed by atoms with Crippen LogP contribution in [0.3, 0.4) is 0 Å². The van der Waals surface area contributed by atoms with Gasteiger partial charge >= 0.3 is 0 Å². The summed E-state index contributed by atoms with van der Waals surface area (Å²) in [6, 6.07) is 2.10. The molecule has 3 heteroatoms. The third kappa shape index (κ3) is 2.78. The van der Waals surface area contributed by atoms with E-state index in [1.165, 1.54) is 24.9 Å². The van der Waals surface area contributed by atoms with Crippen LogP contribution in [0.2, 0.25) is 0 Å². The van der Waals surface area contributed by atoms with E-state index in [2.05, 4.69) is 22.9 Å². The van der Waals surface area contributed by atoms with Gasteiger partial charge in [-0.25, -0.2) is 0 Å². The minimum atomic E-state index is 0.0809. The lowest BCUT2D eigenvalue weighted by atomic mass is 10.0. The van der Waals surface area contributed by atoms with E-state index in [9.17, 15) is 5.11 Å².